The quantitative estimate of drug-likeness (QED) is 0.308. The summed E-state index contributed by atoms with van der Waals surface area (Å²) in [6, 6.07) is 6.21. The molecule has 0 aliphatic rings. The molecule has 0 aliphatic heterocycles. The summed E-state index contributed by atoms with van der Waals surface area (Å²) >= 11 is 0. The van der Waals surface area contributed by atoms with Gasteiger partial charge in [-0.05, 0) is 31.1 Å². The highest BCUT2D eigenvalue weighted by molar-refractivity contribution is 5.75. The Morgan fingerprint density at radius 2 is 1.88 bits per heavy atom. The Hall–Kier alpha value is -3.70. The van der Waals surface area contributed by atoms with Gasteiger partial charge in [0.25, 0.3) is 5.56 Å². The molecule has 2 heterocycles. The van der Waals surface area contributed by atoms with Crippen molar-refractivity contribution in [2.24, 2.45) is 5.73 Å². The van der Waals surface area contributed by atoms with Crippen molar-refractivity contribution >= 4 is 23.1 Å². The van der Waals surface area contributed by atoms with Gasteiger partial charge in [0.2, 0.25) is 5.95 Å². The largest absolute Gasteiger partial charge is 0.423 e. The molecule has 0 fully saturated rings. The Bertz CT molecular complexity index is 1280. The first kappa shape index (κ1) is 21.5. The molecule has 32 heavy (non-hydrogen) atoms. The number of nitrogens with zero attached hydrogens (tertiary/aromatic N) is 2. The van der Waals surface area contributed by atoms with Gasteiger partial charge in [0.05, 0.1) is 5.56 Å². The van der Waals surface area contributed by atoms with Crippen LogP contribution >= 0.6 is 0 Å². The summed E-state index contributed by atoms with van der Waals surface area (Å²) in [7, 11) is 0. The fourth-order valence-corrected chi connectivity index (χ4v) is 3.08. The molecule has 2 aromatic carbocycles. The summed E-state index contributed by atoms with van der Waals surface area (Å²) in [5, 5.41) is 5.76. The van der Waals surface area contributed by atoms with E-state index < -0.39 is 23.0 Å². The minimum atomic E-state index is -1.07. The van der Waals surface area contributed by atoms with Crippen molar-refractivity contribution in [1.82, 2.24) is 20.3 Å². The third-order valence-electron chi connectivity index (χ3n) is 4.67. The van der Waals surface area contributed by atoms with Gasteiger partial charge in [-0.2, -0.15) is 4.98 Å². The highest BCUT2D eigenvalue weighted by Crippen LogP contribution is 2.24. The Morgan fingerprint density at radius 1 is 1.06 bits per heavy atom. The number of hydrogen-bond donors (Lipinski definition) is 4. The number of rotatable bonds is 8. The fourth-order valence-electron chi connectivity index (χ4n) is 3.08. The third kappa shape index (κ3) is 4.63. The highest BCUT2D eigenvalue weighted by atomic mass is 19.2. The van der Waals surface area contributed by atoms with Gasteiger partial charge in [-0.25, -0.2) is 18.2 Å². The molecule has 8 nitrogen and oxygen atoms in total. The first-order chi connectivity index (χ1) is 15.4. The molecular weight excluding hydrogens is 425 g/mol. The molecule has 0 saturated heterocycles. The van der Waals surface area contributed by atoms with E-state index in [1.54, 1.807) is 6.07 Å². The van der Waals surface area contributed by atoms with Gasteiger partial charge in [-0.3, -0.25) is 15.1 Å². The maximum absolute atomic E-state index is 14.6. The number of fused-ring (bicyclic) bond motifs is 1. The molecule has 2 aromatic heterocycles. The third-order valence-corrected chi connectivity index (χ3v) is 4.67. The van der Waals surface area contributed by atoms with Crippen LogP contribution < -0.4 is 21.9 Å². The second-order valence-electron chi connectivity index (χ2n) is 6.99. The number of nitrogens with one attached hydrogen (secondary N) is 3. The lowest BCUT2D eigenvalue weighted by Crippen LogP contribution is -2.18. The van der Waals surface area contributed by atoms with Crippen LogP contribution in [0.2, 0.25) is 0 Å². The number of benzene rings is 2. The summed E-state index contributed by atoms with van der Waals surface area (Å²) in [4.78, 5) is 23.0. The molecule has 4 rings (SSSR count). The second kappa shape index (κ2) is 9.20. The predicted octanol–water partition coefficient (Wildman–Crippen LogP) is 3.18. The van der Waals surface area contributed by atoms with Crippen molar-refractivity contribution in [3.8, 4) is 11.1 Å². The van der Waals surface area contributed by atoms with Crippen LogP contribution in [-0.2, 0) is 6.54 Å². The average molecular weight is 444 g/mol. The lowest BCUT2D eigenvalue weighted by Gasteiger charge is -2.08. The number of nitrogens with two attached hydrogens (primary N) is 1. The van der Waals surface area contributed by atoms with Crippen LogP contribution in [0.25, 0.3) is 22.2 Å². The maximum atomic E-state index is 14.6. The first-order valence-corrected chi connectivity index (χ1v) is 9.76. The Kier molecular flexibility index (Phi) is 6.19. The van der Waals surface area contributed by atoms with Crippen molar-refractivity contribution in [3.63, 3.8) is 0 Å². The van der Waals surface area contributed by atoms with Gasteiger partial charge in [0.15, 0.2) is 17.2 Å². The maximum Gasteiger partial charge on any atom is 0.302 e. The smallest absolute Gasteiger partial charge is 0.302 e. The van der Waals surface area contributed by atoms with Crippen molar-refractivity contribution in [2.45, 2.75) is 13.0 Å². The lowest BCUT2D eigenvalue weighted by atomic mass is 10.1. The second-order valence-corrected chi connectivity index (χ2v) is 6.99. The minimum Gasteiger partial charge on any atom is -0.423 e. The number of hydrogen-bond acceptors (Lipinski definition) is 7. The summed E-state index contributed by atoms with van der Waals surface area (Å²) in [5.41, 5.74) is 5.82. The van der Waals surface area contributed by atoms with Crippen molar-refractivity contribution in [3.05, 3.63) is 69.9 Å². The molecule has 0 spiro atoms. The van der Waals surface area contributed by atoms with Gasteiger partial charge in [-0.15, -0.1) is 0 Å². The molecule has 0 radical (unpaired) electrons. The number of H-pyrrole nitrogens is 1. The SMILES string of the molecule is NCCCNCc1ccc(-c2cnc(Nc3nc4cc(F)c(F)cc4o3)[nH]c2=O)c(F)c1. The number of aromatic nitrogens is 3. The van der Waals surface area contributed by atoms with Crippen molar-refractivity contribution in [1.29, 1.82) is 0 Å². The van der Waals surface area contributed by atoms with Crippen LogP contribution in [-0.4, -0.2) is 28.0 Å². The Labute approximate surface area is 179 Å². The molecule has 0 bridgehead atoms. The van der Waals surface area contributed by atoms with Gasteiger partial charge in [-0.1, -0.05) is 12.1 Å². The summed E-state index contributed by atoms with van der Waals surface area (Å²) in [6.45, 7) is 1.78. The lowest BCUT2D eigenvalue weighted by molar-refractivity contribution is 0.508. The molecular formula is C21H19F3N6O2. The molecule has 0 unspecified atom stereocenters. The van der Waals surface area contributed by atoms with E-state index in [-0.39, 0.29) is 34.2 Å². The molecule has 0 aliphatic carbocycles. The Morgan fingerprint density at radius 3 is 2.62 bits per heavy atom. The van der Waals surface area contributed by atoms with E-state index in [2.05, 4.69) is 25.6 Å². The molecule has 11 heteroatoms. The number of anilines is 2. The molecule has 0 amide bonds. The van der Waals surface area contributed by atoms with Crippen LogP contribution in [0.4, 0.5) is 25.1 Å². The fraction of sp³-hybridized carbons (Fsp3) is 0.190. The van der Waals surface area contributed by atoms with E-state index in [4.69, 9.17) is 10.2 Å². The molecule has 166 valence electrons. The number of halogens is 3. The zero-order valence-electron chi connectivity index (χ0n) is 16.7. The summed E-state index contributed by atoms with van der Waals surface area (Å²) < 4.78 is 46.5. The summed E-state index contributed by atoms with van der Waals surface area (Å²) in [6.07, 6.45) is 2.03. The van der Waals surface area contributed by atoms with Crippen molar-refractivity contribution in [2.75, 3.05) is 18.4 Å². The van der Waals surface area contributed by atoms with E-state index in [1.807, 2.05) is 0 Å². The van der Waals surface area contributed by atoms with Crippen LogP contribution in [0.1, 0.15) is 12.0 Å². The highest BCUT2D eigenvalue weighted by Gasteiger charge is 2.14. The minimum absolute atomic E-state index is 0.0186. The van der Waals surface area contributed by atoms with Gasteiger partial charge in [0.1, 0.15) is 11.3 Å². The van der Waals surface area contributed by atoms with Gasteiger partial charge >= 0.3 is 6.01 Å². The molecule has 5 N–H and O–H groups in total. The van der Waals surface area contributed by atoms with Crippen LogP contribution in [0, 0.1) is 17.5 Å². The Balaban J connectivity index is 1.51. The van der Waals surface area contributed by atoms with Gasteiger partial charge < -0.3 is 15.5 Å². The normalized spacial score (nSPS) is 11.2. The average Bonchev–Trinajstić information content (AvgIpc) is 3.13. The van der Waals surface area contributed by atoms with E-state index in [0.29, 0.717) is 13.1 Å². The molecule has 4 aromatic rings. The van der Waals surface area contributed by atoms with E-state index in [0.717, 1.165) is 30.7 Å². The van der Waals surface area contributed by atoms with Gasteiger partial charge in [0, 0.05) is 30.4 Å². The van der Waals surface area contributed by atoms with Crippen molar-refractivity contribution < 1.29 is 17.6 Å². The van der Waals surface area contributed by atoms with E-state index >= 15 is 0 Å². The molecule has 0 saturated carbocycles. The molecule has 0 atom stereocenters. The monoisotopic (exact) mass is 444 g/mol. The van der Waals surface area contributed by atoms with E-state index in [9.17, 15) is 18.0 Å². The first-order valence-electron chi connectivity index (χ1n) is 9.76. The standard InChI is InChI=1S/C21H19F3N6O2/c22-14-6-11(9-26-5-1-4-25)2-3-12(14)13-10-27-20(29-19(13)31)30-21-28-17-7-15(23)16(24)8-18(17)32-21/h2-3,6-8,10,26H,1,4-5,9,25H2,(H2,27,28,29,30,31). The zero-order chi connectivity index (χ0) is 22.7. The van der Waals surface area contributed by atoms with Crippen LogP contribution in [0.5, 0.6) is 0 Å². The van der Waals surface area contributed by atoms with E-state index in [1.165, 1.54) is 18.3 Å². The summed E-state index contributed by atoms with van der Waals surface area (Å²) in [5.74, 6) is -2.73. The number of aromatic amines is 1. The zero-order valence-corrected chi connectivity index (χ0v) is 16.7. The number of oxazole rings is 1. The van der Waals surface area contributed by atoms with Crippen LogP contribution in [0.3, 0.4) is 0 Å². The van der Waals surface area contributed by atoms with Crippen LogP contribution in [0.15, 0.2) is 45.7 Å². The topological polar surface area (TPSA) is 122 Å². The predicted molar refractivity (Wildman–Crippen MR) is 113 cm³/mol.